The predicted octanol–water partition coefficient (Wildman–Crippen LogP) is -0.663. The van der Waals surface area contributed by atoms with Crippen LogP contribution in [-0.2, 0) is 13.7 Å². The Hall–Kier alpha value is 0.220. The smallest absolute Gasteiger partial charge is 0.324 e. The summed E-state index contributed by atoms with van der Waals surface area (Å²) in [5.41, 5.74) is 5.12. The summed E-state index contributed by atoms with van der Waals surface area (Å²) in [4.78, 5) is 34.4. The number of phosphoric ester groups is 1. The molecule has 0 bridgehead atoms. The minimum atomic E-state index is -4.86. The molecule has 0 saturated carbocycles. The molecule has 14 heavy (non-hydrogen) atoms. The van der Waals surface area contributed by atoms with Gasteiger partial charge in [0.15, 0.2) is 0 Å². The van der Waals surface area contributed by atoms with Gasteiger partial charge in [-0.25, -0.2) is 4.57 Å². The van der Waals surface area contributed by atoms with Gasteiger partial charge in [-0.15, -0.1) is 0 Å². The van der Waals surface area contributed by atoms with Gasteiger partial charge in [0.1, 0.15) is 11.4 Å². The quantitative estimate of drug-likeness (QED) is 0.325. The van der Waals surface area contributed by atoms with Gasteiger partial charge < -0.3 is 25.3 Å². The van der Waals surface area contributed by atoms with Crippen LogP contribution < -0.4 is 5.73 Å². The van der Waals surface area contributed by atoms with Gasteiger partial charge in [-0.2, -0.15) is 0 Å². The van der Waals surface area contributed by atoms with Gasteiger partial charge in [0.2, 0.25) is 0 Å². The van der Waals surface area contributed by atoms with Crippen LogP contribution in [0.1, 0.15) is 13.8 Å². The molecule has 0 aliphatic rings. The second-order valence-electron chi connectivity index (χ2n) is 3.21. The molecule has 0 aliphatic heterocycles. The van der Waals surface area contributed by atoms with E-state index in [1.165, 1.54) is 0 Å². The molecule has 0 spiro atoms. The molecule has 86 valence electrons. The second kappa shape index (κ2) is 4.00. The third-order valence-electron chi connectivity index (χ3n) is 1.70. The van der Waals surface area contributed by atoms with E-state index in [1.54, 1.807) is 0 Å². The Balaban J connectivity index is 4.78. The van der Waals surface area contributed by atoms with E-state index < -0.39 is 26.8 Å². The Bertz CT molecular complexity index is 290. The van der Waals surface area contributed by atoms with Crippen molar-refractivity contribution in [3.63, 3.8) is 0 Å². The van der Waals surface area contributed by atoms with E-state index in [2.05, 4.69) is 4.52 Å². The van der Waals surface area contributed by atoms with Crippen molar-refractivity contribution >= 4 is 15.4 Å². The zero-order valence-electron chi connectivity index (χ0n) is 7.56. The highest BCUT2D eigenvalue weighted by molar-refractivity contribution is 7.53. The van der Waals surface area contributed by atoms with E-state index in [9.17, 15) is 9.13 Å². The summed E-state index contributed by atoms with van der Waals surface area (Å²) < 4.78 is 25.2. The van der Waals surface area contributed by atoms with Crippen molar-refractivity contribution in [3.8, 4) is 0 Å². The first-order valence-corrected chi connectivity index (χ1v) is 6.57. The summed E-state index contributed by atoms with van der Waals surface area (Å²) >= 11 is 0. The average molecular weight is 249 g/mol. The summed E-state index contributed by atoms with van der Waals surface area (Å²) in [6, 6.07) is 0. The van der Waals surface area contributed by atoms with Crippen molar-refractivity contribution in [3.05, 3.63) is 0 Å². The lowest BCUT2D eigenvalue weighted by molar-refractivity contribution is 0.104. The fraction of sp³-hybridized carbons (Fsp3) is 1.00. The molecule has 0 saturated heterocycles. The lowest BCUT2D eigenvalue weighted by atomic mass is 10.2. The van der Waals surface area contributed by atoms with Crippen LogP contribution in [-0.4, -0.2) is 31.0 Å². The summed E-state index contributed by atoms with van der Waals surface area (Å²) in [6.45, 7) is 2.10. The van der Waals surface area contributed by atoms with E-state index in [0.29, 0.717) is 0 Å². The Morgan fingerprint density at radius 1 is 1.21 bits per heavy atom. The maximum atomic E-state index is 10.9. The molecule has 0 heterocycles. The number of hydrogen-bond acceptors (Lipinski definition) is 4. The van der Waals surface area contributed by atoms with Crippen molar-refractivity contribution in [1.29, 1.82) is 0 Å². The van der Waals surface area contributed by atoms with Crippen molar-refractivity contribution in [2.75, 3.05) is 0 Å². The fourth-order valence-electron chi connectivity index (χ4n) is 0.443. The van der Waals surface area contributed by atoms with Crippen LogP contribution in [0.4, 0.5) is 0 Å². The zero-order chi connectivity index (χ0) is 11.8. The third kappa shape index (κ3) is 3.76. The van der Waals surface area contributed by atoms with E-state index in [-0.39, 0.29) is 0 Å². The minimum Gasteiger partial charge on any atom is -0.324 e. The Labute approximate surface area is 80.5 Å². The maximum absolute atomic E-state index is 10.9. The monoisotopic (exact) mass is 249 g/mol. The van der Waals surface area contributed by atoms with Crippen LogP contribution >= 0.6 is 15.4 Å². The van der Waals surface area contributed by atoms with E-state index >= 15 is 0 Å². The number of nitrogens with two attached hydrogens (primary N) is 1. The lowest BCUT2D eigenvalue weighted by Crippen LogP contribution is -2.44. The molecule has 0 amide bonds. The first kappa shape index (κ1) is 14.2. The predicted molar refractivity (Wildman–Crippen MR) is 47.2 cm³/mol. The topological polar surface area (TPSA) is 150 Å². The summed E-state index contributed by atoms with van der Waals surface area (Å²) in [5, 5.41) is -1.87. The molecule has 0 rings (SSSR count). The first-order valence-electron chi connectivity index (χ1n) is 3.43. The van der Waals surface area contributed by atoms with Gasteiger partial charge in [-0.1, -0.05) is 0 Å². The molecule has 0 aromatic heterocycles. The van der Waals surface area contributed by atoms with E-state index in [1.807, 2.05) is 0 Å². The van der Waals surface area contributed by atoms with Crippen LogP contribution in [0.5, 0.6) is 0 Å². The molecule has 0 aromatic carbocycles. The van der Waals surface area contributed by atoms with Gasteiger partial charge >= 0.3 is 15.4 Å². The molecule has 1 unspecified atom stereocenters. The van der Waals surface area contributed by atoms with Crippen LogP contribution in [0, 0.1) is 0 Å². The first-order chi connectivity index (χ1) is 5.88. The third-order valence-corrected chi connectivity index (χ3v) is 3.96. The van der Waals surface area contributed by atoms with Crippen LogP contribution in [0.25, 0.3) is 0 Å². The molecule has 0 radical (unpaired) electrons. The number of hydrogen-bond donors (Lipinski definition) is 5. The van der Waals surface area contributed by atoms with Gasteiger partial charge in [0.25, 0.3) is 0 Å². The van der Waals surface area contributed by atoms with Gasteiger partial charge in [0, 0.05) is 0 Å². The van der Waals surface area contributed by atoms with Crippen LogP contribution in [0.3, 0.4) is 0 Å². The Kier molecular flexibility index (Phi) is 4.06. The molecule has 0 fully saturated rings. The SMILES string of the molecule is CC(C)(C(N)OP(=O)(O)O)P(=O)(O)O. The number of rotatable bonds is 4. The maximum Gasteiger partial charge on any atom is 0.471 e. The largest absolute Gasteiger partial charge is 0.471 e. The Morgan fingerprint density at radius 3 is 1.79 bits per heavy atom. The zero-order valence-corrected chi connectivity index (χ0v) is 9.35. The molecular weight excluding hydrogens is 236 g/mol. The van der Waals surface area contributed by atoms with Gasteiger partial charge in [-0.3, -0.25) is 9.09 Å². The van der Waals surface area contributed by atoms with E-state index in [4.69, 9.17) is 25.3 Å². The van der Waals surface area contributed by atoms with Crippen molar-refractivity contribution < 1.29 is 33.2 Å². The highest BCUT2D eigenvalue weighted by Crippen LogP contribution is 2.54. The number of phosphoric acid groups is 1. The molecule has 1 atom stereocenters. The molecule has 0 aliphatic carbocycles. The molecule has 10 heteroatoms. The minimum absolute atomic E-state index is 1.05. The van der Waals surface area contributed by atoms with Crippen molar-refractivity contribution in [2.45, 2.75) is 25.2 Å². The van der Waals surface area contributed by atoms with Crippen molar-refractivity contribution in [1.82, 2.24) is 0 Å². The van der Waals surface area contributed by atoms with Crippen molar-refractivity contribution in [2.24, 2.45) is 5.73 Å². The average Bonchev–Trinajstić information content (AvgIpc) is 1.80. The highest BCUT2D eigenvalue weighted by atomic mass is 31.2. The summed E-state index contributed by atoms with van der Waals surface area (Å²) in [5.74, 6) is 0. The highest BCUT2D eigenvalue weighted by Gasteiger charge is 2.46. The van der Waals surface area contributed by atoms with Crippen LogP contribution in [0.15, 0.2) is 0 Å². The summed E-state index contributed by atoms with van der Waals surface area (Å²) in [7, 11) is -9.46. The standard InChI is InChI=1S/C4H13NO7P2/c1-4(2,13(6,7)8)3(5)12-14(9,10)11/h3H,5H2,1-2H3,(H2,6,7,8)(H2,9,10,11). The fourth-order valence-corrected chi connectivity index (χ4v) is 1.47. The lowest BCUT2D eigenvalue weighted by Gasteiger charge is -2.31. The van der Waals surface area contributed by atoms with Gasteiger partial charge in [-0.05, 0) is 13.8 Å². The Morgan fingerprint density at radius 2 is 1.57 bits per heavy atom. The molecule has 8 nitrogen and oxygen atoms in total. The van der Waals surface area contributed by atoms with Crippen LogP contribution in [0.2, 0.25) is 0 Å². The molecular formula is C4H13NO7P2. The summed E-state index contributed by atoms with van der Waals surface area (Å²) in [6.07, 6.45) is -1.76. The second-order valence-corrected chi connectivity index (χ2v) is 6.65. The van der Waals surface area contributed by atoms with E-state index in [0.717, 1.165) is 13.8 Å². The van der Waals surface area contributed by atoms with Gasteiger partial charge in [0.05, 0.1) is 0 Å². The normalized spacial score (nSPS) is 16.8. The molecule has 6 N–H and O–H groups in total. The molecule has 0 aromatic rings.